The molecule has 8 nitrogen and oxygen atoms in total. The summed E-state index contributed by atoms with van der Waals surface area (Å²) < 4.78 is 7.00. The summed E-state index contributed by atoms with van der Waals surface area (Å²) in [4.78, 5) is 16.8. The molecule has 1 aliphatic rings. The second kappa shape index (κ2) is 8.75. The summed E-state index contributed by atoms with van der Waals surface area (Å²) in [6.45, 7) is 8.92. The lowest BCUT2D eigenvalue weighted by molar-refractivity contribution is -0.130. The number of hydrogen-bond donors (Lipinski definition) is 0. The van der Waals surface area contributed by atoms with E-state index in [1.807, 2.05) is 59.8 Å². The fraction of sp³-hybridized carbons (Fsp3) is 0.391. The quantitative estimate of drug-likeness (QED) is 0.631. The number of piperazine rings is 1. The molecule has 1 saturated heterocycles. The highest BCUT2D eigenvalue weighted by Gasteiger charge is 2.22. The van der Waals surface area contributed by atoms with Gasteiger partial charge in [0.05, 0.1) is 19.2 Å². The molecule has 8 heteroatoms. The lowest BCUT2D eigenvalue weighted by atomic mass is 10.1. The number of hydrogen-bond acceptors (Lipinski definition) is 6. The third-order valence-electron chi connectivity index (χ3n) is 5.98. The maximum absolute atomic E-state index is 12.7. The van der Waals surface area contributed by atoms with E-state index in [0.29, 0.717) is 25.3 Å². The monoisotopic (exact) mass is 420 g/mol. The molecule has 0 spiro atoms. The molecular weight excluding hydrogens is 392 g/mol. The van der Waals surface area contributed by atoms with Gasteiger partial charge in [0.15, 0.2) is 11.6 Å². The number of anilines is 1. The number of ether oxygens (including phenoxy) is 1. The van der Waals surface area contributed by atoms with E-state index in [2.05, 4.69) is 27.1 Å². The van der Waals surface area contributed by atoms with Crippen LogP contribution in [0.15, 0.2) is 36.4 Å². The van der Waals surface area contributed by atoms with Crippen molar-refractivity contribution in [1.29, 1.82) is 0 Å². The van der Waals surface area contributed by atoms with Crippen LogP contribution in [0.4, 0.5) is 5.82 Å². The Hall–Kier alpha value is -3.42. The fourth-order valence-corrected chi connectivity index (χ4v) is 3.76. The van der Waals surface area contributed by atoms with Gasteiger partial charge >= 0.3 is 0 Å². The maximum Gasteiger partial charge on any atom is 0.227 e. The summed E-state index contributed by atoms with van der Waals surface area (Å²) in [5.41, 5.74) is 4.23. The molecule has 3 aromatic rings. The molecule has 3 heterocycles. The third-order valence-corrected chi connectivity index (χ3v) is 5.98. The number of nitrogens with zero attached hydrogens (tertiary/aromatic N) is 6. The lowest BCUT2D eigenvalue weighted by Gasteiger charge is -2.35. The average molecular weight is 421 g/mol. The standard InChI is InChI=1S/C23H28N6O2/c1-16-17(2)26-29(18(16)3)22-10-9-21(24-25-22)27-11-13-28(14-12-27)23(30)15-19-5-7-20(31-4)8-6-19/h5-10H,11-15H2,1-4H3. The molecule has 0 saturated carbocycles. The van der Waals surface area contributed by atoms with Crippen LogP contribution in [0.1, 0.15) is 22.5 Å². The molecule has 1 aliphatic heterocycles. The number of carbonyl (C=O) groups excluding carboxylic acids is 1. The maximum atomic E-state index is 12.7. The number of methoxy groups -OCH3 is 1. The van der Waals surface area contributed by atoms with Gasteiger partial charge in [0.25, 0.3) is 0 Å². The Balaban J connectivity index is 1.34. The molecule has 4 rings (SSSR count). The molecule has 0 bridgehead atoms. The number of aromatic nitrogens is 4. The van der Waals surface area contributed by atoms with Gasteiger partial charge in [-0.25, -0.2) is 4.68 Å². The Morgan fingerprint density at radius 3 is 2.13 bits per heavy atom. The predicted molar refractivity (Wildman–Crippen MR) is 119 cm³/mol. The first kappa shape index (κ1) is 20.8. The smallest absolute Gasteiger partial charge is 0.227 e. The second-order valence-electron chi connectivity index (χ2n) is 7.85. The van der Waals surface area contributed by atoms with Crippen LogP contribution in [-0.4, -0.2) is 64.1 Å². The van der Waals surface area contributed by atoms with Crippen LogP contribution < -0.4 is 9.64 Å². The molecule has 0 atom stereocenters. The molecule has 0 N–H and O–H groups in total. The third kappa shape index (κ3) is 4.38. The van der Waals surface area contributed by atoms with Crippen molar-refractivity contribution in [2.24, 2.45) is 0 Å². The van der Waals surface area contributed by atoms with Crippen LogP contribution in [0.2, 0.25) is 0 Å². The first-order valence-corrected chi connectivity index (χ1v) is 10.5. The first-order valence-electron chi connectivity index (χ1n) is 10.5. The van der Waals surface area contributed by atoms with E-state index in [4.69, 9.17) is 4.74 Å². The summed E-state index contributed by atoms with van der Waals surface area (Å²) in [6.07, 6.45) is 0.403. The first-order chi connectivity index (χ1) is 15.0. The van der Waals surface area contributed by atoms with Gasteiger partial charge in [0.1, 0.15) is 5.75 Å². The molecule has 1 fully saturated rings. The zero-order valence-electron chi connectivity index (χ0n) is 18.5. The molecule has 31 heavy (non-hydrogen) atoms. The topological polar surface area (TPSA) is 76.4 Å². The van der Waals surface area contributed by atoms with Gasteiger partial charge in [-0.2, -0.15) is 5.10 Å². The van der Waals surface area contributed by atoms with Crippen molar-refractivity contribution in [3.8, 4) is 11.6 Å². The summed E-state index contributed by atoms with van der Waals surface area (Å²) in [6, 6.07) is 11.6. The largest absolute Gasteiger partial charge is 0.497 e. The zero-order valence-corrected chi connectivity index (χ0v) is 18.5. The molecule has 0 aliphatic carbocycles. The normalized spacial score (nSPS) is 14.1. The number of carbonyl (C=O) groups is 1. The minimum Gasteiger partial charge on any atom is -0.497 e. The van der Waals surface area contributed by atoms with Gasteiger partial charge in [-0.05, 0) is 56.2 Å². The van der Waals surface area contributed by atoms with Crippen molar-refractivity contribution in [2.45, 2.75) is 27.2 Å². The summed E-state index contributed by atoms with van der Waals surface area (Å²) in [5.74, 6) is 2.48. The Labute approximate surface area is 182 Å². The van der Waals surface area contributed by atoms with E-state index in [0.717, 1.165) is 41.6 Å². The SMILES string of the molecule is COc1ccc(CC(=O)N2CCN(c3ccc(-n4nc(C)c(C)c4C)nn3)CC2)cc1. The summed E-state index contributed by atoms with van der Waals surface area (Å²) in [5, 5.41) is 13.3. The van der Waals surface area contributed by atoms with Gasteiger partial charge in [0, 0.05) is 31.9 Å². The van der Waals surface area contributed by atoms with Gasteiger partial charge < -0.3 is 14.5 Å². The van der Waals surface area contributed by atoms with E-state index in [-0.39, 0.29) is 5.91 Å². The summed E-state index contributed by atoms with van der Waals surface area (Å²) >= 11 is 0. The van der Waals surface area contributed by atoms with Crippen molar-refractivity contribution in [3.63, 3.8) is 0 Å². The van der Waals surface area contributed by atoms with E-state index >= 15 is 0 Å². The lowest BCUT2D eigenvalue weighted by Crippen LogP contribution is -2.49. The van der Waals surface area contributed by atoms with Crippen molar-refractivity contribution < 1.29 is 9.53 Å². The predicted octanol–water partition coefficient (Wildman–Crippen LogP) is 2.49. The number of rotatable bonds is 5. The van der Waals surface area contributed by atoms with E-state index in [9.17, 15) is 4.79 Å². The Morgan fingerprint density at radius 1 is 0.935 bits per heavy atom. The Morgan fingerprint density at radius 2 is 1.58 bits per heavy atom. The van der Waals surface area contributed by atoms with Crippen LogP contribution in [0.5, 0.6) is 5.75 Å². The van der Waals surface area contributed by atoms with Crippen molar-refractivity contribution >= 4 is 11.7 Å². The Bertz CT molecular complexity index is 1050. The van der Waals surface area contributed by atoms with Crippen LogP contribution in [0, 0.1) is 20.8 Å². The number of amides is 1. The van der Waals surface area contributed by atoms with E-state index < -0.39 is 0 Å². The van der Waals surface area contributed by atoms with E-state index in [1.54, 1.807) is 7.11 Å². The van der Waals surface area contributed by atoms with Crippen molar-refractivity contribution in [2.75, 3.05) is 38.2 Å². The molecule has 0 unspecified atom stereocenters. The van der Waals surface area contributed by atoms with Gasteiger partial charge in [0.2, 0.25) is 5.91 Å². The van der Waals surface area contributed by atoms with Crippen LogP contribution >= 0.6 is 0 Å². The average Bonchev–Trinajstić information content (AvgIpc) is 3.07. The zero-order chi connectivity index (χ0) is 22.0. The van der Waals surface area contributed by atoms with Gasteiger partial charge in [-0.1, -0.05) is 12.1 Å². The van der Waals surface area contributed by atoms with Crippen LogP contribution in [0.25, 0.3) is 5.82 Å². The highest BCUT2D eigenvalue weighted by atomic mass is 16.5. The molecule has 1 aromatic carbocycles. The minimum atomic E-state index is 0.145. The molecule has 2 aromatic heterocycles. The highest BCUT2D eigenvalue weighted by Crippen LogP contribution is 2.18. The fourth-order valence-electron chi connectivity index (χ4n) is 3.76. The van der Waals surface area contributed by atoms with E-state index in [1.165, 1.54) is 5.56 Å². The molecule has 1 amide bonds. The van der Waals surface area contributed by atoms with Crippen LogP contribution in [0.3, 0.4) is 0 Å². The molecule has 0 radical (unpaired) electrons. The highest BCUT2D eigenvalue weighted by molar-refractivity contribution is 5.79. The van der Waals surface area contributed by atoms with Gasteiger partial charge in [-0.3, -0.25) is 4.79 Å². The van der Waals surface area contributed by atoms with Crippen molar-refractivity contribution in [1.82, 2.24) is 24.9 Å². The van der Waals surface area contributed by atoms with Gasteiger partial charge in [-0.15, -0.1) is 10.2 Å². The number of aryl methyl sites for hydroxylation is 1. The number of benzene rings is 1. The van der Waals surface area contributed by atoms with Crippen LogP contribution in [-0.2, 0) is 11.2 Å². The summed E-state index contributed by atoms with van der Waals surface area (Å²) in [7, 11) is 1.64. The molecular formula is C23H28N6O2. The second-order valence-corrected chi connectivity index (χ2v) is 7.85. The van der Waals surface area contributed by atoms with Crippen molar-refractivity contribution in [3.05, 3.63) is 58.9 Å². The Kier molecular flexibility index (Phi) is 5.88. The molecule has 162 valence electrons. The minimum absolute atomic E-state index is 0.145.